The maximum Gasteiger partial charge on any atom is 0.288 e. The zero-order valence-corrected chi connectivity index (χ0v) is 9.74. The maximum absolute atomic E-state index is 11.8. The molecule has 0 amide bonds. The lowest BCUT2D eigenvalue weighted by molar-refractivity contribution is 0.813. The number of aryl methyl sites for hydroxylation is 1. The van der Waals surface area contributed by atoms with Gasteiger partial charge in [0, 0.05) is 17.6 Å². The summed E-state index contributed by atoms with van der Waals surface area (Å²) in [6, 6.07) is 0. The highest BCUT2D eigenvalue weighted by Gasteiger charge is 2.12. The first kappa shape index (κ1) is 10.7. The van der Waals surface area contributed by atoms with E-state index < -0.39 is 0 Å². The molecular formula is C12H15N3O. The van der Waals surface area contributed by atoms with Crippen LogP contribution >= 0.6 is 0 Å². The van der Waals surface area contributed by atoms with Gasteiger partial charge < -0.3 is 4.57 Å². The Balaban J connectivity index is 2.81. The van der Waals surface area contributed by atoms with Gasteiger partial charge in [-0.3, -0.25) is 4.79 Å². The van der Waals surface area contributed by atoms with Gasteiger partial charge in [-0.25, -0.2) is 5.10 Å². The molecule has 2 heterocycles. The van der Waals surface area contributed by atoms with E-state index in [1.807, 2.05) is 37.5 Å². The molecule has 84 valence electrons. The molecule has 16 heavy (non-hydrogen) atoms. The quantitative estimate of drug-likeness (QED) is 0.781. The maximum atomic E-state index is 11.8. The van der Waals surface area contributed by atoms with E-state index in [0.29, 0.717) is 5.52 Å². The summed E-state index contributed by atoms with van der Waals surface area (Å²) in [5.41, 5.74) is 2.83. The van der Waals surface area contributed by atoms with Crippen LogP contribution in [-0.4, -0.2) is 14.8 Å². The van der Waals surface area contributed by atoms with Gasteiger partial charge in [0.2, 0.25) is 0 Å². The van der Waals surface area contributed by atoms with Crippen molar-refractivity contribution in [1.82, 2.24) is 14.8 Å². The van der Waals surface area contributed by atoms with E-state index in [1.54, 1.807) is 6.20 Å². The Morgan fingerprint density at radius 2 is 2.25 bits per heavy atom. The van der Waals surface area contributed by atoms with E-state index in [4.69, 9.17) is 0 Å². The van der Waals surface area contributed by atoms with Gasteiger partial charge in [-0.15, -0.1) is 0 Å². The molecule has 0 aliphatic carbocycles. The van der Waals surface area contributed by atoms with Crippen LogP contribution in [0, 0.1) is 13.8 Å². The Bertz CT molecular complexity index is 604. The highest BCUT2D eigenvalue weighted by molar-refractivity contribution is 5.83. The highest BCUT2D eigenvalue weighted by Crippen LogP contribution is 2.21. The smallest absolute Gasteiger partial charge is 0.288 e. The standard InChI is InChI=1S/C12H15N3O/c1-4-5-6-15-9(3)8(2)10-7-13-14-12(16)11(10)15/h4-5,7H,6H2,1-3H3,(H,14,16)/b5-4+. The Morgan fingerprint density at radius 3 is 2.94 bits per heavy atom. The van der Waals surface area contributed by atoms with Gasteiger partial charge in [-0.05, 0) is 26.3 Å². The van der Waals surface area contributed by atoms with Crippen molar-refractivity contribution >= 4 is 10.9 Å². The van der Waals surface area contributed by atoms with Crippen molar-refractivity contribution in [3.05, 3.63) is 40.0 Å². The van der Waals surface area contributed by atoms with Crippen molar-refractivity contribution in [2.24, 2.45) is 0 Å². The zero-order chi connectivity index (χ0) is 11.7. The summed E-state index contributed by atoms with van der Waals surface area (Å²) in [7, 11) is 0. The van der Waals surface area contributed by atoms with E-state index in [0.717, 1.165) is 23.2 Å². The van der Waals surface area contributed by atoms with Crippen LogP contribution < -0.4 is 5.56 Å². The number of rotatable bonds is 2. The van der Waals surface area contributed by atoms with Crippen LogP contribution in [0.1, 0.15) is 18.2 Å². The lowest BCUT2D eigenvalue weighted by Crippen LogP contribution is -2.12. The van der Waals surface area contributed by atoms with Crippen molar-refractivity contribution in [1.29, 1.82) is 0 Å². The summed E-state index contributed by atoms with van der Waals surface area (Å²) < 4.78 is 2.02. The van der Waals surface area contributed by atoms with Gasteiger partial charge in [0.1, 0.15) is 5.52 Å². The molecule has 0 fully saturated rings. The van der Waals surface area contributed by atoms with Gasteiger partial charge in [0.25, 0.3) is 5.56 Å². The SMILES string of the molecule is C/C=C/Cn1c(C)c(C)c2cn[nH]c(=O)c21. The number of allylic oxidation sites excluding steroid dienone is 2. The third kappa shape index (κ3) is 1.46. The van der Waals surface area contributed by atoms with Crippen molar-refractivity contribution < 1.29 is 0 Å². The first-order chi connectivity index (χ1) is 7.66. The third-order valence-electron chi connectivity index (χ3n) is 2.98. The summed E-state index contributed by atoms with van der Waals surface area (Å²) in [6.07, 6.45) is 5.73. The topological polar surface area (TPSA) is 50.7 Å². The predicted molar refractivity (Wildman–Crippen MR) is 64.6 cm³/mol. The summed E-state index contributed by atoms with van der Waals surface area (Å²) in [4.78, 5) is 11.8. The lowest BCUT2D eigenvalue weighted by Gasteiger charge is -2.03. The fraction of sp³-hybridized carbons (Fsp3) is 0.333. The zero-order valence-electron chi connectivity index (χ0n) is 9.74. The average molecular weight is 217 g/mol. The van der Waals surface area contributed by atoms with Crippen LogP contribution in [0.15, 0.2) is 23.1 Å². The van der Waals surface area contributed by atoms with Crippen LogP contribution in [0.4, 0.5) is 0 Å². The Hall–Kier alpha value is -1.84. The molecule has 0 aliphatic rings. The van der Waals surface area contributed by atoms with Crippen LogP contribution in [0.5, 0.6) is 0 Å². The Kier molecular flexibility index (Phi) is 2.64. The van der Waals surface area contributed by atoms with Gasteiger partial charge in [0.05, 0.1) is 6.20 Å². The minimum absolute atomic E-state index is 0.127. The van der Waals surface area contributed by atoms with E-state index in [2.05, 4.69) is 10.2 Å². The molecule has 0 aromatic carbocycles. The first-order valence-corrected chi connectivity index (χ1v) is 5.31. The van der Waals surface area contributed by atoms with Crippen molar-refractivity contribution in [3.8, 4) is 0 Å². The molecule has 2 rings (SSSR count). The van der Waals surface area contributed by atoms with Crippen molar-refractivity contribution in [2.45, 2.75) is 27.3 Å². The number of H-pyrrole nitrogens is 1. The number of nitrogens with one attached hydrogen (secondary N) is 1. The van der Waals surface area contributed by atoms with Gasteiger partial charge in [-0.1, -0.05) is 12.2 Å². The van der Waals surface area contributed by atoms with Crippen molar-refractivity contribution in [3.63, 3.8) is 0 Å². The molecule has 0 aliphatic heterocycles. The van der Waals surface area contributed by atoms with Gasteiger partial charge in [-0.2, -0.15) is 5.10 Å². The molecule has 2 aromatic rings. The fourth-order valence-electron chi connectivity index (χ4n) is 1.94. The number of nitrogens with zero attached hydrogens (tertiary/aromatic N) is 2. The number of hydrogen-bond donors (Lipinski definition) is 1. The van der Waals surface area contributed by atoms with Crippen LogP contribution in [0.3, 0.4) is 0 Å². The summed E-state index contributed by atoms with van der Waals surface area (Å²) in [6.45, 7) is 6.74. The molecular weight excluding hydrogens is 202 g/mol. The molecule has 0 unspecified atom stereocenters. The van der Waals surface area contributed by atoms with Gasteiger partial charge in [0.15, 0.2) is 0 Å². The summed E-state index contributed by atoms with van der Waals surface area (Å²) in [5.74, 6) is 0. The second-order valence-electron chi connectivity index (χ2n) is 3.85. The predicted octanol–water partition coefficient (Wildman–Crippen LogP) is 1.92. The average Bonchev–Trinajstić information content (AvgIpc) is 2.52. The van der Waals surface area contributed by atoms with Gasteiger partial charge >= 0.3 is 0 Å². The largest absolute Gasteiger partial charge is 0.336 e. The number of fused-ring (bicyclic) bond motifs is 1. The first-order valence-electron chi connectivity index (χ1n) is 5.31. The normalized spacial score (nSPS) is 11.7. The molecule has 4 nitrogen and oxygen atoms in total. The minimum Gasteiger partial charge on any atom is -0.336 e. The van der Waals surface area contributed by atoms with E-state index in [-0.39, 0.29) is 5.56 Å². The van der Waals surface area contributed by atoms with E-state index >= 15 is 0 Å². The monoisotopic (exact) mass is 217 g/mol. The third-order valence-corrected chi connectivity index (χ3v) is 2.98. The molecule has 0 spiro atoms. The minimum atomic E-state index is -0.127. The second-order valence-corrected chi connectivity index (χ2v) is 3.85. The van der Waals surface area contributed by atoms with E-state index in [9.17, 15) is 4.79 Å². The summed E-state index contributed by atoms with van der Waals surface area (Å²) >= 11 is 0. The number of aromatic nitrogens is 3. The second kappa shape index (κ2) is 3.96. The van der Waals surface area contributed by atoms with E-state index in [1.165, 1.54) is 0 Å². The van der Waals surface area contributed by atoms with Crippen LogP contribution in [0.25, 0.3) is 10.9 Å². The molecule has 0 saturated carbocycles. The lowest BCUT2D eigenvalue weighted by atomic mass is 10.2. The molecule has 1 N–H and O–H groups in total. The van der Waals surface area contributed by atoms with Crippen LogP contribution in [0.2, 0.25) is 0 Å². The Morgan fingerprint density at radius 1 is 1.50 bits per heavy atom. The Labute approximate surface area is 93.6 Å². The van der Waals surface area contributed by atoms with Crippen LogP contribution in [-0.2, 0) is 6.54 Å². The molecule has 0 radical (unpaired) electrons. The summed E-state index contributed by atoms with van der Waals surface area (Å²) in [5, 5.41) is 7.26. The molecule has 0 saturated heterocycles. The molecule has 0 atom stereocenters. The molecule has 2 aromatic heterocycles. The number of aromatic amines is 1. The van der Waals surface area contributed by atoms with Crippen molar-refractivity contribution in [2.75, 3.05) is 0 Å². The highest BCUT2D eigenvalue weighted by atomic mass is 16.1. The molecule has 0 bridgehead atoms. The fourth-order valence-corrected chi connectivity index (χ4v) is 1.94. The molecule has 4 heteroatoms. The number of hydrogen-bond acceptors (Lipinski definition) is 2.